The van der Waals surface area contributed by atoms with Gasteiger partial charge in [0, 0.05) is 18.7 Å². The number of para-hydroxylation sites is 1. The maximum Gasteiger partial charge on any atom is 0.285 e. The number of hydrogen-bond acceptors (Lipinski definition) is 5. The predicted octanol–water partition coefficient (Wildman–Crippen LogP) is 1.59. The van der Waals surface area contributed by atoms with E-state index in [-0.39, 0.29) is 22.3 Å². The van der Waals surface area contributed by atoms with Crippen molar-refractivity contribution in [2.75, 3.05) is 18.4 Å². The Morgan fingerprint density at radius 3 is 2.62 bits per heavy atom. The minimum absolute atomic E-state index is 0.192. The summed E-state index contributed by atoms with van der Waals surface area (Å²) in [6.45, 7) is 0.956. The standard InChI is InChI=1S/C20H20N4O4S/c21-18(25)14-7-1-3-9-16(14)22-20(26)13-6-5-11-24(12-13)19-15-8-2-4-10-17(15)29(27,28)23-19/h1-4,7-10,13H,5-6,11-12H2,(H2,21,25)(H,22,26)/t13-/m0/s1. The van der Waals surface area contributed by atoms with Crippen molar-refractivity contribution in [3.05, 3.63) is 59.7 Å². The molecule has 3 N–H and O–H groups in total. The summed E-state index contributed by atoms with van der Waals surface area (Å²) in [6.07, 6.45) is 1.37. The van der Waals surface area contributed by atoms with Crippen LogP contribution in [0.15, 0.2) is 57.8 Å². The molecule has 2 amide bonds. The lowest BCUT2D eigenvalue weighted by Crippen LogP contribution is -2.43. The van der Waals surface area contributed by atoms with Crippen LogP contribution >= 0.6 is 0 Å². The number of benzene rings is 2. The number of primary amides is 1. The Hall–Kier alpha value is -3.20. The molecule has 2 heterocycles. The average Bonchev–Trinajstić information content (AvgIpc) is 3.00. The first kappa shape index (κ1) is 19.1. The lowest BCUT2D eigenvalue weighted by Gasteiger charge is -2.33. The molecule has 0 radical (unpaired) electrons. The van der Waals surface area contributed by atoms with Crippen LogP contribution in [0.3, 0.4) is 0 Å². The van der Waals surface area contributed by atoms with Crippen LogP contribution in [0.2, 0.25) is 0 Å². The molecule has 4 rings (SSSR count). The van der Waals surface area contributed by atoms with E-state index in [2.05, 4.69) is 9.71 Å². The van der Waals surface area contributed by atoms with Crippen molar-refractivity contribution in [2.24, 2.45) is 16.0 Å². The Balaban J connectivity index is 1.54. The summed E-state index contributed by atoms with van der Waals surface area (Å²) >= 11 is 0. The number of piperidine rings is 1. The summed E-state index contributed by atoms with van der Waals surface area (Å²) in [4.78, 5) is 26.4. The molecule has 0 bridgehead atoms. The second-order valence-electron chi connectivity index (χ2n) is 7.07. The first-order chi connectivity index (χ1) is 13.9. The molecule has 29 heavy (non-hydrogen) atoms. The van der Waals surface area contributed by atoms with Crippen molar-refractivity contribution in [3.63, 3.8) is 0 Å². The molecular weight excluding hydrogens is 392 g/mol. The largest absolute Gasteiger partial charge is 0.366 e. The second kappa shape index (κ2) is 7.32. The first-order valence-corrected chi connectivity index (χ1v) is 10.7. The molecule has 0 spiro atoms. The Labute approximate surface area is 168 Å². The van der Waals surface area contributed by atoms with Crippen molar-refractivity contribution in [3.8, 4) is 0 Å². The number of carbonyl (C=O) groups excluding carboxylic acids is 2. The third kappa shape index (κ3) is 3.61. The number of carbonyl (C=O) groups is 2. The summed E-state index contributed by atoms with van der Waals surface area (Å²) < 4.78 is 28.6. The molecule has 0 aromatic heterocycles. The molecular formula is C20H20N4O4S. The van der Waals surface area contributed by atoms with Gasteiger partial charge >= 0.3 is 0 Å². The molecule has 0 saturated carbocycles. The summed E-state index contributed by atoms with van der Waals surface area (Å²) in [5.41, 5.74) is 6.55. The molecule has 0 aliphatic carbocycles. The van der Waals surface area contributed by atoms with Crippen LogP contribution in [0.4, 0.5) is 5.69 Å². The van der Waals surface area contributed by atoms with Crippen LogP contribution in [-0.4, -0.2) is 44.1 Å². The van der Waals surface area contributed by atoms with Crippen LogP contribution < -0.4 is 11.1 Å². The zero-order valence-electron chi connectivity index (χ0n) is 15.5. The molecule has 1 saturated heterocycles. The van der Waals surface area contributed by atoms with Gasteiger partial charge in [-0.2, -0.15) is 8.42 Å². The zero-order chi connectivity index (χ0) is 20.6. The number of amidine groups is 1. The summed E-state index contributed by atoms with van der Waals surface area (Å²) in [5.74, 6) is -0.843. The number of anilines is 1. The Kier molecular flexibility index (Phi) is 4.83. The van der Waals surface area contributed by atoms with Gasteiger partial charge in [-0.05, 0) is 37.1 Å². The fourth-order valence-corrected chi connectivity index (χ4v) is 4.97. The SMILES string of the molecule is NC(=O)c1ccccc1NC(=O)[C@H]1CCCN(C2=NS(=O)(=O)c3ccccc32)C1. The third-order valence-corrected chi connectivity index (χ3v) is 6.48. The van der Waals surface area contributed by atoms with E-state index in [1.54, 1.807) is 42.5 Å². The van der Waals surface area contributed by atoms with Gasteiger partial charge in [0.1, 0.15) is 4.90 Å². The molecule has 2 aromatic carbocycles. The maximum atomic E-state index is 12.8. The average molecular weight is 412 g/mol. The van der Waals surface area contributed by atoms with Crippen LogP contribution in [0.5, 0.6) is 0 Å². The quantitative estimate of drug-likeness (QED) is 0.793. The number of amides is 2. The van der Waals surface area contributed by atoms with Crippen LogP contribution in [0.1, 0.15) is 28.8 Å². The number of sulfonamides is 1. The fourth-order valence-electron chi connectivity index (χ4n) is 3.74. The van der Waals surface area contributed by atoms with Crippen molar-refractivity contribution in [1.82, 2.24) is 4.90 Å². The molecule has 8 nitrogen and oxygen atoms in total. The Morgan fingerprint density at radius 1 is 1.10 bits per heavy atom. The van der Waals surface area contributed by atoms with E-state index in [9.17, 15) is 18.0 Å². The van der Waals surface area contributed by atoms with Crippen LogP contribution in [0.25, 0.3) is 0 Å². The van der Waals surface area contributed by atoms with Crippen molar-refractivity contribution >= 4 is 33.4 Å². The summed E-state index contributed by atoms with van der Waals surface area (Å²) in [5, 5.41) is 2.78. The normalized spacial score (nSPS) is 19.9. The molecule has 9 heteroatoms. The van der Waals surface area contributed by atoms with E-state index < -0.39 is 15.9 Å². The van der Waals surface area contributed by atoms with E-state index in [1.807, 2.05) is 4.90 Å². The molecule has 1 fully saturated rings. The Bertz CT molecular complexity index is 1130. The number of rotatable bonds is 3. The van der Waals surface area contributed by atoms with E-state index in [1.165, 1.54) is 6.07 Å². The van der Waals surface area contributed by atoms with Gasteiger partial charge in [0.05, 0.1) is 17.2 Å². The molecule has 150 valence electrons. The predicted molar refractivity (Wildman–Crippen MR) is 108 cm³/mol. The van der Waals surface area contributed by atoms with E-state index >= 15 is 0 Å². The first-order valence-electron chi connectivity index (χ1n) is 9.26. The highest BCUT2D eigenvalue weighted by molar-refractivity contribution is 7.90. The highest BCUT2D eigenvalue weighted by Crippen LogP contribution is 2.30. The van der Waals surface area contributed by atoms with Gasteiger partial charge < -0.3 is 16.0 Å². The third-order valence-electron chi connectivity index (χ3n) is 5.15. The van der Waals surface area contributed by atoms with Crippen molar-refractivity contribution in [2.45, 2.75) is 17.7 Å². The highest BCUT2D eigenvalue weighted by Gasteiger charge is 2.35. The fraction of sp³-hybridized carbons (Fsp3) is 0.250. The number of nitrogens with two attached hydrogens (primary N) is 1. The molecule has 0 unspecified atom stereocenters. The lowest BCUT2D eigenvalue weighted by atomic mass is 9.96. The van der Waals surface area contributed by atoms with Crippen molar-refractivity contribution in [1.29, 1.82) is 0 Å². The van der Waals surface area contributed by atoms with Gasteiger partial charge in [-0.15, -0.1) is 4.40 Å². The van der Waals surface area contributed by atoms with Gasteiger partial charge in [-0.25, -0.2) is 0 Å². The smallest absolute Gasteiger partial charge is 0.285 e. The number of fused-ring (bicyclic) bond motifs is 1. The zero-order valence-corrected chi connectivity index (χ0v) is 16.4. The number of hydrogen-bond donors (Lipinski definition) is 2. The lowest BCUT2D eigenvalue weighted by molar-refractivity contribution is -0.121. The monoisotopic (exact) mass is 412 g/mol. The minimum Gasteiger partial charge on any atom is -0.366 e. The van der Waals surface area contributed by atoms with Crippen LogP contribution in [0, 0.1) is 5.92 Å². The number of nitrogens with one attached hydrogen (secondary N) is 1. The highest BCUT2D eigenvalue weighted by atomic mass is 32.2. The van der Waals surface area contributed by atoms with E-state index in [0.29, 0.717) is 36.6 Å². The van der Waals surface area contributed by atoms with Gasteiger partial charge in [-0.1, -0.05) is 24.3 Å². The second-order valence-corrected chi connectivity index (χ2v) is 8.64. The number of likely N-dealkylation sites (tertiary alicyclic amines) is 1. The molecule has 2 aliphatic heterocycles. The summed E-state index contributed by atoms with van der Waals surface area (Å²) in [6, 6.07) is 13.3. The van der Waals surface area contributed by atoms with E-state index in [0.717, 1.165) is 6.42 Å². The summed E-state index contributed by atoms with van der Waals surface area (Å²) in [7, 11) is -3.71. The van der Waals surface area contributed by atoms with Gasteiger partial charge in [0.15, 0.2) is 5.84 Å². The van der Waals surface area contributed by atoms with Crippen LogP contribution in [-0.2, 0) is 14.8 Å². The molecule has 2 aliphatic rings. The minimum atomic E-state index is -3.71. The van der Waals surface area contributed by atoms with Crippen molar-refractivity contribution < 1.29 is 18.0 Å². The molecule has 1 atom stereocenters. The van der Waals surface area contributed by atoms with E-state index in [4.69, 9.17) is 5.73 Å². The topological polar surface area (TPSA) is 122 Å². The van der Waals surface area contributed by atoms with Gasteiger partial charge in [0.2, 0.25) is 5.91 Å². The van der Waals surface area contributed by atoms with Gasteiger partial charge in [-0.3, -0.25) is 9.59 Å². The Morgan fingerprint density at radius 2 is 1.83 bits per heavy atom. The maximum absolute atomic E-state index is 12.8. The number of nitrogens with zero attached hydrogens (tertiary/aromatic N) is 2. The van der Waals surface area contributed by atoms with Gasteiger partial charge in [0.25, 0.3) is 15.9 Å². The molecule has 2 aromatic rings.